The van der Waals surface area contributed by atoms with Crippen LogP contribution in [-0.2, 0) is 11.3 Å². The second kappa shape index (κ2) is 6.28. The summed E-state index contributed by atoms with van der Waals surface area (Å²) in [4.78, 5) is 10.9. The Labute approximate surface area is 126 Å². The predicted octanol–water partition coefficient (Wildman–Crippen LogP) is 3.18. The summed E-state index contributed by atoms with van der Waals surface area (Å²) in [5.41, 5.74) is 0.901. The van der Waals surface area contributed by atoms with Gasteiger partial charge in [-0.15, -0.1) is 10.2 Å². The van der Waals surface area contributed by atoms with Crippen molar-refractivity contribution in [2.45, 2.75) is 30.8 Å². The maximum atomic E-state index is 10.9. The maximum Gasteiger partial charge on any atom is 0.316 e. The van der Waals surface area contributed by atoms with E-state index >= 15 is 0 Å². The van der Waals surface area contributed by atoms with Crippen LogP contribution in [-0.4, -0.2) is 31.1 Å². The van der Waals surface area contributed by atoms with Gasteiger partial charge in [0.15, 0.2) is 11.0 Å². The molecule has 1 unspecified atom stereocenters. The standard InChI is InChI=1S/C13H14ClN3O2S/c1-3-17-11(9-4-6-10(14)7-5-9)15-16-13(17)20-8(2)12(18)19/h4-8H,3H2,1-2H3,(H,18,19). The van der Waals surface area contributed by atoms with Gasteiger partial charge in [0, 0.05) is 17.1 Å². The molecule has 1 atom stereocenters. The number of aliphatic carboxylic acids is 1. The fourth-order valence-corrected chi connectivity index (χ4v) is 2.66. The van der Waals surface area contributed by atoms with Gasteiger partial charge in [0.05, 0.1) is 0 Å². The van der Waals surface area contributed by atoms with Crippen LogP contribution in [0.1, 0.15) is 13.8 Å². The van der Waals surface area contributed by atoms with E-state index in [1.165, 1.54) is 11.8 Å². The van der Waals surface area contributed by atoms with E-state index in [-0.39, 0.29) is 0 Å². The molecule has 2 aromatic rings. The zero-order chi connectivity index (χ0) is 14.7. The number of benzene rings is 1. The minimum absolute atomic E-state index is 0.567. The van der Waals surface area contributed by atoms with Gasteiger partial charge >= 0.3 is 5.97 Å². The lowest BCUT2D eigenvalue weighted by Gasteiger charge is -2.09. The molecule has 1 aromatic carbocycles. The van der Waals surface area contributed by atoms with Crippen LogP contribution in [0, 0.1) is 0 Å². The molecule has 0 saturated heterocycles. The molecule has 0 aliphatic heterocycles. The average molecular weight is 312 g/mol. The lowest BCUT2D eigenvalue weighted by molar-refractivity contribution is -0.136. The Balaban J connectivity index is 2.34. The first kappa shape index (κ1) is 14.9. The second-order valence-electron chi connectivity index (χ2n) is 4.16. The quantitative estimate of drug-likeness (QED) is 0.859. The van der Waals surface area contributed by atoms with Crippen LogP contribution in [0.4, 0.5) is 0 Å². The number of carboxylic acid groups (broad SMARTS) is 1. The average Bonchev–Trinajstić information content (AvgIpc) is 2.82. The largest absolute Gasteiger partial charge is 0.480 e. The Kier molecular flexibility index (Phi) is 4.67. The van der Waals surface area contributed by atoms with Gasteiger partial charge in [0.25, 0.3) is 0 Å². The number of hydrogen-bond donors (Lipinski definition) is 1. The molecule has 0 radical (unpaired) electrons. The van der Waals surface area contributed by atoms with Crippen LogP contribution in [0.5, 0.6) is 0 Å². The molecule has 0 spiro atoms. The fraction of sp³-hybridized carbons (Fsp3) is 0.308. The molecule has 2 rings (SSSR count). The van der Waals surface area contributed by atoms with E-state index < -0.39 is 11.2 Å². The first-order valence-electron chi connectivity index (χ1n) is 6.11. The lowest BCUT2D eigenvalue weighted by atomic mass is 10.2. The third kappa shape index (κ3) is 3.13. The minimum atomic E-state index is -0.867. The maximum absolute atomic E-state index is 10.9. The molecule has 0 amide bonds. The number of hydrogen-bond acceptors (Lipinski definition) is 4. The molecule has 1 aromatic heterocycles. The van der Waals surface area contributed by atoms with Crippen molar-refractivity contribution in [3.63, 3.8) is 0 Å². The number of nitrogens with zero attached hydrogens (tertiary/aromatic N) is 3. The van der Waals surface area contributed by atoms with Gasteiger partial charge in [-0.2, -0.15) is 0 Å². The van der Waals surface area contributed by atoms with E-state index in [0.29, 0.717) is 22.5 Å². The van der Waals surface area contributed by atoms with E-state index in [0.717, 1.165) is 5.56 Å². The highest BCUT2D eigenvalue weighted by atomic mass is 35.5. The zero-order valence-electron chi connectivity index (χ0n) is 11.1. The number of carbonyl (C=O) groups is 1. The number of thioether (sulfide) groups is 1. The Hall–Kier alpha value is -1.53. The Morgan fingerprint density at radius 1 is 1.40 bits per heavy atom. The summed E-state index contributed by atoms with van der Waals surface area (Å²) in [6.45, 7) is 4.27. The Morgan fingerprint density at radius 3 is 2.60 bits per heavy atom. The SMILES string of the molecule is CCn1c(SC(C)C(=O)O)nnc1-c1ccc(Cl)cc1. The number of aromatic nitrogens is 3. The van der Waals surface area contributed by atoms with Crippen molar-refractivity contribution in [2.75, 3.05) is 0 Å². The molecule has 0 fully saturated rings. The van der Waals surface area contributed by atoms with Crippen molar-refractivity contribution >= 4 is 29.3 Å². The predicted molar refractivity (Wildman–Crippen MR) is 79.1 cm³/mol. The zero-order valence-corrected chi connectivity index (χ0v) is 12.6. The summed E-state index contributed by atoms with van der Waals surface area (Å²) >= 11 is 7.05. The highest BCUT2D eigenvalue weighted by molar-refractivity contribution is 8.00. The molecule has 7 heteroatoms. The fourth-order valence-electron chi connectivity index (χ4n) is 1.68. The summed E-state index contributed by atoms with van der Waals surface area (Å²) in [6.07, 6.45) is 0. The van der Waals surface area contributed by atoms with E-state index in [1.54, 1.807) is 19.1 Å². The van der Waals surface area contributed by atoms with Crippen LogP contribution >= 0.6 is 23.4 Å². The third-order valence-corrected chi connectivity index (χ3v) is 4.09. The Bertz CT molecular complexity index is 613. The molecule has 1 N–H and O–H groups in total. The van der Waals surface area contributed by atoms with Crippen molar-refractivity contribution in [3.8, 4) is 11.4 Å². The van der Waals surface area contributed by atoms with Gasteiger partial charge in [-0.25, -0.2) is 0 Å². The molecule has 5 nitrogen and oxygen atoms in total. The summed E-state index contributed by atoms with van der Waals surface area (Å²) in [7, 11) is 0. The number of carboxylic acids is 1. The highest BCUT2D eigenvalue weighted by Crippen LogP contribution is 2.27. The monoisotopic (exact) mass is 311 g/mol. The Morgan fingerprint density at radius 2 is 2.05 bits per heavy atom. The van der Waals surface area contributed by atoms with Crippen molar-refractivity contribution in [2.24, 2.45) is 0 Å². The molecule has 106 valence electrons. The van der Waals surface area contributed by atoms with Crippen LogP contribution in [0.2, 0.25) is 5.02 Å². The molecular formula is C13H14ClN3O2S. The first-order chi connectivity index (χ1) is 9.52. The van der Waals surface area contributed by atoms with E-state index in [4.69, 9.17) is 16.7 Å². The minimum Gasteiger partial charge on any atom is -0.480 e. The molecule has 0 saturated carbocycles. The van der Waals surface area contributed by atoms with Gasteiger partial charge < -0.3 is 9.67 Å². The summed E-state index contributed by atoms with van der Waals surface area (Å²) in [5.74, 6) is -0.155. The van der Waals surface area contributed by atoms with Gasteiger partial charge in [0.1, 0.15) is 5.25 Å². The van der Waals surface area contributed by atoms with Crippen LogP contribution in [0.25, 0.3) is 11.4 Å². The molecular weight excluding hydrogens is 298 g/mol. The summed E-state index contributed by atoms with van der Waals surface area (Å²) < 4.78 is 1.90. The molecule has 0 bridgehead atoms. The van der Waals surface area contributed by atoms with Crippen LogP contribution < -0.4 is 0 Å². The van der Waals surface area contributed by atoms with Gasteiger partial charge in [-0.05, 0) is 38.1 Å². The summed E-state index contributed by atoms with van der Waals surface area (Å²) in [6, 6.07) is 7.32. The smallest absolute Gasteiger partial charge is 0.316 e. The van der Waals surface area contributed by atoms with Gasteiger partial charge in [-0.3, -0.25) is 4.79 Å². The summed E-state index contributed by atoms with van der Waals surface area (Å²) in [5, 5.41) is 17.9. The molecule has 0 aliphatic rings. The second-order valence-corrected chi connectivity index (χ2v) is 5.90. The number of halogens is 1. The number of rotatable bonds is 5. The lowest BCUT2D eigenvalue weighted by Crippen LogP contribution is -2.13. The topological polar surface area (TPSA) is 68.0 Å². The normalized spacial score (nSPS) is 12.3. The highest BCUT2D eigenvalue weighted by Gasteiger charge is 2.19. The van der Waals surface area contributed by atoms with Gasteiger partial charge in [-0.1, -0.05) is 23.4 Å². The van der Waals surface area contributed by atoms with Crippen molar-refractivity contribution < 1.29 is 9.90 Å². The van der Waals surface area contributed by atoms with E-state index in [1.807, 2.05) is 23.6 Å². The van der Waals surface area contributed by atoms with Gasteiger partial charge in [0.2, 0.25) is 0 Å². The van der Waals surface area contributed by atoms with E-state index in [2.05, 4.69) is 10.2 Å². The van der Waals surface area contributed by atoms with Crippen LogP contribution in [0.15, 0.2) is 29.4 Å². The first-order valence-corrected chi connectivity index (χ1v) is 7.37. The third-order valence-electron chi connectivity index (χ3n) is 2.77. The molecule has 0 aliphatic carbocycles. The van der Waals surface area contributed by atoms with E-state index in [9.17, 15) is 4.79 Å². The van der Waals surface area contributed by atoms with Crippen LogP contribution in [0.3, 0.4) is 0 Å². The van der Waals surface area contributed by atoms with Crippen molar-refractivity contribution in [1.29, 1.82) is 0 Å². The van der Waals surface area contributed by atoms with Crippen molar-refractivity contribution in [1.82, 2.24) is 14.8 Å². The molecule has 1 heterocycles. The molecule has 20 heavy (non-hydrogen) atoms. The van der Waals surface area contributed by atoms with Crippen molar-refractivity contribution in [3.05, 3.63) is 29.3 Å².